The number of hydrogen-bond donors (Lipinski definition) is 2. The van der Waals surface area contributed by atoms with Gasteiger partial charge in [0.1, 0.15) is 5.56 Å². The van der Waals surface area contributed by atoms with Gasteiger partial charge in [-0.1, -0.05) is 6.92 Å². The van der Waals surface area contributed by atoms with Crippen LogP contribution >= 0.6 is 0 Å². The lowest BCUT2D eigenvalue weighted by atomic mass is 10.3. The van der Waals surface area contributed by atoms with Gasteiger partial charge in [-0.2, -0.15) is 9.40 Å². The number of sulfonamides is 1. The summed E-state index contributed by atoms with van der Waals surface area (Å²) in [5.74, 6) is -0.417. The van der Waals surface area contributed by atoms with Gasteiger partial charge in [0.2, 0.25) is 0 Å². The van der Waals surface area contributed by atoms with Crippen molar-refractivity contribution in [2.45, 2.75) is 18.4 Å². The SMILES string of the molecule is CC1CC1CN(C)S(=O)(=O)c1[nH]ncc1C(=O)O. The summed E-state index contributed by atoms with van der Waals surface area (Å²) in [5, 5.41) is 14.3. The van der Waals surface area contributed by atoms with Crippen LogP contribution in [0.2, 0.25) is 0 Å². The van der Waals surface area contributed by atoms with Crippen molar-refractivity contribution in [3.63, 3.8) is 0 Å². The Morgan fingerprint density at radius 1 is 1.67 bits per heavy atom. The first kappa shape index (κ1) is 13.0. The number of rotatable bonds is 5. The Morgan fingerprint density at radius 3 is 2.78 bits per heavy atom. The van der Waals surface area contributed by atoms with Crippen LogP contribution in [-0.4, -0.2) is 47.6 Å². The van der Waals surface area contributed by atoms with E-state index in [2.05, 4.69) is 17.1 Å². The summed E-state index contributed by atoms with van der Waals surface area (Å²) < 4.78 is 25.5. The molecule has 0 amide bonds. The first-order valence-electron chi connectivity index (χ1n) is 5.57. The van der Waals surface area contributed by atoms with Crippen molar-refractivity contribution in [1.82, 2.24) is 14.5 Å². The van der Waals surface area contributed by atoms with E-state index in [9.17, 15) is 13.2 Å². The molecule has 1 aromatic heterocycles. The summed E-state index contributed by atoms with van der Waals surface area (Å²) in [7, 11) is -2.36. The van der Waals surface area contributed by atoms with Gasteiger partial charge in [0.15, 0.2) is 5.03 Å². The highest BCUT2D eigenvalue weighted by Crippen LogP contribution is 2.38. The molecule has 7 nitrogen and oxygen atoms in total. The van der Waals surface area contributed by atoms with Crippen molar-refractivity contribution < 1.29 is 18.3 Å². The van der Waals surface area contributed by atoms with Gasteiger partial charge in [0, 0.05) is 13.6 Å². The highest BCUT2D eigenvalue weighted by molar-refractivity contribution is 7.89. The lowest BCUT2D eigenvalue weighted by Crippen LogP contribution is -2.30. The summed E-state index contributed by atoms with van der Waals surface area (Å²) in [5.41, 5.74) is -0.328. The fourth-order valence-electron chi connectivity index (χ4n) is 1.86. The highest BCUT2D eigenvalue weighted by atomic mass is 32.2. The predicted molar refractivity (Wildman–Crippen MR) is 62.6 cm³/mol. The van der Waals surface area contributed by atoms with E-state index in [1.165, 1.54) is 11.4 Å². The number of carboxylic acids is 1. The number of nitrogens with zero attached hydrogens (tertiary/aromatic N) is 2. The Kier molecular flexibility index (Phi) is 3.16. The molecule has 0 aromatic carbocycles. The van der Waals surface area contributed by atoms with Crippen molar-refractivity contribution in [3.05, 3.63) is 11.8 Å². The molecular weight excluding hydrogens is 258 g/mol. The van der Waals surface area contributed by atoms with E-state index in [-0.39, 0.29) is 10.6 Å². The molecule has 2 atom stereocenters. The first-order valence-corrected chi connectivity index (χ1v) is 7.01. The van der Waals surface area contributed by atoms with Crippen molar-refractivity contribution >= 4 is 16.0 Å². The summed E-state index contributed by atoms with van der Waals surface area (Å²) >= 11 is 0. The summed E-state index contributed by atoms with van der Waals surface area (Å²) in [4.78, 5) is 10.9. The fraction of sp³-hybridized carbons (Fsp3) is 0.600. The van der Waals surface area contributed by atoms with Gasteiger partial charge in [-0.3, -0.25) is 5.10 Å². The van der Waals surface area contributed by atoms with E-state index in [0.29, 0.717) is 18.4 Å². The Balaban J connectivity index is 2.24. The number of hydrogen-bond acceptors (Lipinski definition) is 4. The van der Waals surface area contributed by atoms with Crippen LogP contribution in [0.1, 0.15) is 23.7 Å². The fourth-order valence-corrected chi connectivity index (χ4v) is 3.15. The van der Waals surface area contributed by atoms with Crippen LogP contribution in [0.5, 0.6) is 0 Å². The molecule has 1 aliphatic rings. The third-order valence-electron chi connectivity index (χ3n) is 3.27. The van der Waals surface area contributed by atoms with Crippen molar-refractivity contribution in [1.29, 1.82) is 0 Å². The van der Waals surface area contributed by atoms with Gasteiger partial charge in [-0.15, -0.1) is 0 Å². The molecular formula is C10H15N3O4S. The number of carboxylic acid groups (broad SMARTS) is 1. The predicted octanol–water partition coefficient (Wildman–Crippen LogP) is 0.384. The minimum absolute atomic E-state index is 0.328. The number of aromatic amines is 1. The first-order chi connectivity index (χ1) is 8.34. The average molecular weight is 273 g/mol. The maximum atomic E-state index is 12.2. The number of carbonyl (C=O) groups is 1. The molecule has 0 spiro atoms. The Bertz CT molecular complexity index is 565. The molecule has 18 heavy (non-hydrogen) atoms. The number of aromatic carboxylic acids is 1. The van der Waals surface area contributed by atoms with Gasteiger partial charge in [-0.05, 0) is 18.3 Å². The second-order valence-electron chi connectivity index (χ2n) is 4.68. The molecule has 2 unspecified atom stereocenters. The molecule has 1 heterocycles. The highest BCUT2D eigenvalue weighted by Gasteiger charge is 2.37. The normalized spacial score (nSPS) is 23.3. The molecule has 0 saturated heterocycles. The van der Waals surface area contributed by atoms with Crippen molar-refractivity contribution in [2.75, 3.05) is 13.6 Å². The van der Waals surface area contributed by atoms with E-state index < -0.39 is 16.0 Å². The van der Waals surface area contributed by atoms with Crippen LogP contribution in [0, 0.1) is 11.8 Å². The molecule has 8 heteroatoms. The van der Waals surface area contributed by atoms with Gasteiger partial charge >= 0.3 is 5.97 Å². The number of aromatic nitrogens is 2. The minimum Gasteiger partial charge on any atom is -0.478 e. The molecule has 100 valence electrons. The molecule has 1 fully saturated rings. The largest absolute Gasteiger partial charge is 0.478 e. The Labute approximate surface area is 105 Å². The maximum absolute atomic E-state index is 12.2. The van der Waals surface area contributed by atoms with Crippen molar-refractivity contribution in [2.24, 2.45) is 11.8 Å². The van der Waals surface area contributed by atoms with Crippen molar-refractivity contribution in [3.8, 4) is 0 Å². The second kappa shape index (κ2) is 4.36. The van der Waals surface area contributed by atoms with E-state index in [1.807, 2.05) is 0 Å². The van der Waals surface area contributed by atoms with E-state index in [1.54, 1.807) is 0 Å². The molecule has 0 bridgehead atoms. The van der Waals surface area contributed by atoms with Crippen LogP contribution in [0.15, 0.2) is 11.2 Å². The monoisotopic (exact) mass is 273 g/mol. The number of H-pyrrole nitrogens is 1. The van der Waals surface area contributed by atoms with E-state index in [4.69, 9.17) is 5.11 Å². The zero-order valence-electron chi connectivity index (χ0n) is 10.1. The zero-order chi connectivity index (χ0) is 13.5. The quantitative estimate of drug-likeness (QED) is 0.807. The molecule has 1 saturated carbocycles. The summed E-state index contributed by atoms with van der Waals surface area (Å²) in [6.07, 6.45) is 2.01. The van der Waals surface area contributed by atoms with E-state index >= 15 is 0 Å². The molecule has 1 aromatic rings. The lowest BCUT2D eigenvalue weighted by molar-refractivity contribution is 0.0692. The van der Waals surface area contributed by atoms with Gasteiger partial charge in [0.25, 0.3) is 10.0 Å². The maximum Gasteiger partial charge on any atom is 0.340 e. The zero-order valence-corrected chi connectivity index (χ0v) is 10.9. The molecule has 1 aliphatic carbocycles. The van der Waals surface area contributed by atoms with Crippen LogP contribution in [-0.2, 0) is 10.0 Å². The summed E-state index contributed by atoms with van der Waals surface area (Å²) in [6.45, 7) is 2.46. The topological polar surface area (TPSA) is 103 Å². The van der Waals surface area contributed by atoms with Crippen LogP contribution in [0.4, 0.5) is 0 Å². The molecule has 2 N–H and O–H groups in total. The van der Waals surface area contributed by atoms with Gasteiger partial charge in [-0.25, -0.2) is 13.2 Å². The smallest absolute Gasteiger partial charge is 0.340 e. The lowest BCUT2D eigenvalue weighted by Gasteiger charge is -2.16. The van der Waals surface area contributed by atoms with Gasteiger partial charge in [0.05, 0.1) is 6.20 Å². The third kappa shape index (κ3) is 2.25. The molecule has 0 radical (unpaired) electrons. The van der Waals surface area contributed by atoms with Crippen LogP contribution in [0.3, 0.4) is 0 Å². The number of nitrogens with one attached hydrogen (secondary N) is 1. The van der Waals surface area contributed by atoms with E-state index in [0.717, 1.165) is 12.6 Å². The Morgan fingerprint density at radius 2 is 2.28 bits per heavy atom. The summed E-state index contributed by atoms with van der Waals surface area (Å²) in [6, 6.07) is 0. The molecule has 0 aliphatic heterocycles. The standard InChI is InChI=1S/C10H15N3O4S/c1-6-3-7(6)5-13(2)18(16,17)9-8(10(14)15)4-11-12-9/h4,6-7H,3,5H2,1-2H3,(H,11,12)(H,14,15). The second-order valence-corrected chi connectivity index (χ2v) is 6.66. The van der Waals surface area contributed by atoms with Gasteiger partial charge < -0.3 is 5.11 Å². The molecule has 2 rings (SSSR count). The minimum atomic E-state index is -3.82. The Hall–Kier alpha value is -1.41. The van der Waals surface area contributed by atoms with Crippen LogP contribution < -0.4 is 0 Å². The van der Waals surface area contributed by atoms with Crippen LogP contribution in [0.25, 0.3) is 0 Å². The third-order valence-corrected chi connectivity index (χ3v) is 5.07. The average Bonchev–Trinajstić information content (AvgIpc) is 2.83.